The molecule has 3 nitrogen and oxygen atoms in total. The van der Waals surface area contributed by atoms with Gasteiger partial charge in [0.2, 0.25) is 0 Å². The summed E-state index contributed by atoms with van der Waals surface area (Å²) in [5.74, 6) is 0.421. The number of aliphatic hydroxyl groups is 1. The minimum absolute atomic E-state index is 0.221. The topological polar surface area (TPSA) is 58.3 Å². The van der Waals surface area contributed by atoms with Gasteiger partial charge in [-0.05, 0) is 30.5 Å². The maximum absolute atomic E-state index is 8.75. The lowest BCUT2D eigenvalue weighted by atomic mass is 10.1. The van der Waals surface area contributed by atoms with E-state index in [2.05, 4.69) is 12.2 Å². The molecule has 0 saturated heterocycles. The Labute approximate surface area is 95.2 Å². The van der Waals surface area contributed by atoms with Crippen LogP contribution in [0, 0.1) is 5.92 Å². The molecule has 0 aliphatic carbocycles. The quantitative estimate of drug-likeness (QED) is 0.678. The van der Waals surface area contributed by atoms with Gasteiger partial charge in [0, 0.05) is 18.2 Å². The lowest BCUT2D eigenvalue weighted by Gasteiger charge is -2.13. The molecule has 15 heavy (non-hydrogen) atoms. The highest BCUT2D eigenvalue weighted by Gasteiger charge is 2.03. The molecule has 1 aromatic rings. The summed E-state index contributed by atoms with van der Waals surface area (Å²) in [6, 6.07) is 5.39. The number of nitrogens with one attached hydrogen (secondary N) is 1. The first-order valence-electron chi connectivity index (χ1n) is 5.03. The van der Waals surface area contributed by atoms with Gasteiger partial charge in [-0.1, -0.05) is 18.5 Å². The van der Waals surface area contributed by atoms with Crippen molar-refractivity contribution in [3.8, 4) is 0 Å². The van der Waals surface area contributed by atoms with E-state index in [0.29, 0.717) is 16.6 Å². The fraction of sp³-hybridized carbons (Fsp3) is 0.455. The van der Waals surface area contributed by atoms with Gasteiger partial charge in [0.15, 0.2) is 0 Å². The predicted molar refractivity (Wildman–Crippen MR) is 65.2 cm³/mol. The van der Waals surface area contributed by atoms with Crippen molar-refractivity contribution < 1.29 is 5.11 Å². The lowest BCUT2D eigenvalue weighted by molar-refractivity contribution is 0.266. The summed E-state index contributed by atoms with van der Waals surface area (Å²) in [6.45, 7) is 3.10. The van der Waals surface area contributed by atoms with Crippen molar-refractivity contribution in [3.63, 3.8) is 0 Å². The zero-order chi connectivity index (χ0) is 11.3. The van der Waals surface area contributed by atoms with Crippen molar-refractivity contribution in [2.75, 3.05) is 24.2 Å². The highest BCUT2D eigenvalue weighted by Crippen LogP contribution is 2.22. The average molecular weight is 229 g/mol. The summed E-state index contributed by atoms with van der Waals surface area (Å²) in [5, 5.41) is 12.6. The Kier molecular flexibility index (Phi) is 4.72. The van der Waals surface area contributed by atoms with E-state index < -0.39 is 0 Å². The summed E-state index contributed by atoms with van der Waals surface area (Å²) in [7, 11) is 0. The monoisotopic (exact) mass is 228 g/mol. The minimum atomic E-state index is 0.221. The summed E-state index contributed by atoms with van der Waals surface area (Å²) >= 11 is 5.79. The number of nitrogens with two attached hydrogens (primary N) is 1. The number of aliphatic hydroxyl groups excluding tert-OH is 1. The Morgan fingerprint density at radius 2 is 2.27 bits per heavy atom. The van der Waals surface area contributed by atoms with Gasteiger partial charge in [0.25, 0.3) is 0 Å². The molecule has 0 saturated carbocycles. The van der Waals surface area contributed by atoms with E-state index in [1.807, 2.05) is 6.07 Å². The lowest BCUT2D eigenvalue weighted by Crippen LogP contribution is -2.13. The molecule has 0 heterocycles. The van der Waals surface area contributed by atoms with Crippen LogP contribution in [0.5, 0.6) is 0 Å². The van der Waals surface area contributed by atoms with Crippen LogP contribution in [0.15, 0.2) is 18.2 Å². The third-order valence-corrected chi connectivity index (χ3v) is 2.51. The second-order valence-corrected chi connectivity index (χ2v) is 4.17. The van der Waals surface area contributed by atoms with Crippen molar-refractivity contribution in [1.82, 2.24) is 0 Å². The van der Waals surface area contributed by atoms with E-state index >= 15 is 0 Å². The van der Waals surface area contributed by atoms with Gasteiger partial charge in [0.05, 0.1) is 11.4 Å². The van der Waals surface area contributed by atoms with Crippen LogP contribution < -0.4 is 11.1 Å². The number of hydrogen-bond donors (Lipinski definition) is 3. The zero-order valence-electron chi connectivity index (χ0n) is 8.83. The number of hydrogen-bond acceptors (Lipinski definition) is 3. The van der Waals surface area contributed by atoms with E-state index in [4.69, 9.17) is 22.4 Å². The highest BCUT2D eigenvalue weighted by atomic mass is 35.5. The smallest absolute Gasteiger partial charge is 0.0575 e. The fourth-order valence-electron chi connectivity index (χ4n) is 1.30. The van der Waals surface area contributed by atoms with E-state index in [1.54, 1.807) is 12.1 Å². The highest BCUT2D eigenvalue weighted by molar-refractivity contribution is 6.31. The van der Waals surface area contributed by atoms with Crippen LogP contribution in [0.4, 0.5) is 11.4 Å². The van der Waals surface area contributed by atoms with Gasteiger partial charge in [0.1, 0.15) is 0 Å². The molecule has 4 N–H and O–H groups in total. The van der Waals surface area contributed by atoms with Crippen LogP contribution in [0.2, 0.25) is 5.02 Å². The molecule has 0 radical (unpaired) electrons. The van der Waals surface area contributed by atoms with Crippen LogP contribution in [-0.2, 0) is 0 Å². The van der Waals surface area contributed by atoms with Crippen LogP contribution in [0.1, 0.15) is 13.3 Å². The van der Waals surface area contributed by atoms with Crippen molar-refractivity contribution in [2.45, 2.75) is 13.3 Å². The largest absolute Gasteiger partial charge is 0.397 e. The summed E-state index contributed by atoms with van der Waals surface area (Å²) in [5.41, 5.74) is 7.33. The molecule has 1 unspecified atom stereocenters. The Morgan fingerprint density at radius 1 is 1.53 bits per heavy atom. The SMILES string of the molecule is CC(CCO)CNc1ccc(Cl)cc1N. The third-order valence-electron chi connectivity index (χ3n) is 2.28. The first-order chi connectivity index (χ1) is 7.13. The maximum atomic E-state index is 8.75. The molecule has 0 fully saturated rings. The molecule has 0 amide bonds. The van der Waals surface area contributed by atoms with Gasteiger partial charge >= 0.3 is 0 Å². The van der Waals surface area contributed by atoms with Gasteiger partial charge in [-0.25, -0.2) is 0 Å². The Hall–Kier alpha value is -0.930. The molecule has 0 bridgehead atoms. The Morgan fingerprint density at radius 3 is 2.87 bits per heavy atom. The second kappa shape index (κ2) is 5.83. The van der Waals surface area contributed by atoms with Crippen LogP contribution in [-0.4, -0.2) is 18.3 Å². The van der Waals surface area contributed by atoms with Crippen molar-refractivity contribution >= 4 is 23.0 Å². The first kappa shape index (κ1) is 12.1. The Bertz CT molecular complexity index is 317. The summed E-state index contributed by atoms with van der Waals surface area (Å²) in [4.78, 5) is 0. The van der Waals surface area contributed by atoms with Gasteiger partial charge < -0.3 is 16.2 Å². The third kappa shape index (κ3) is 3.98. The van der Waals surface area contributed by atoms with Crippen LogP contribution >= 0.6 is 11.6 Å². The zero-order valence-corrected chi connectivity index (χ0v) is 9.59. The molecular formula is C11H17ClN2O. The van der Waals surface area contributed by atoms with E-state index in [9.17, 15) is 0 Å². The molecule has 4 heteroatoms. The second-order valence-electron chi connectivity index (χ2n) is 3.73. The number of nitrogen functional groups attached to an aromatic ring is 1. The van der Waals surface area contributed by atoms with Gasteiger partial charge in [-0.3, -0.25) is 0 Å². The average Bonchev–Trinajstić information content (AvgIpc) is 2.17. The number of rotatable bonds is 5. The first-order valence-corrected chi connectivity index (χ1v) is 5.41. The van der Waals surface area contributed by atoms with Crippen LogP contribution in [0.25, 0.3) is 0 Å². The number of benzene rings is 1. The fourth-order valence-corrected chi connectivity index (χ4v) is 1.48. The molecule has 0 aliphatic rings. The molecular weight excluding hydrogens is 212 g/mol. The molecule has 1 atom stereocenters. The maximum Gasteiger partial charge on any atom is 0.0575 e. The van der Waals surface area contributed by atoms with E-state index in [1.165, 1.54) is 0 Å². The normalized spacial score (nSPS) is 12.5. The van der Waals surface area contributed by atoms with Crippen molar-refractivity contribution in [3.05, 3.63) is 23.2 Å². The molecule has 0 spiro atoms. The Balaban J connectivity index is 2.50. The van der Waals surface area contributed by atoms with Gasteiger partial charge in [-0.2, -0.15) is 0 Å². The minimum Gasteiger partial charge on any atom is -0.397 e. The standard InChI is InChI=1S/C11H17ClN2O/c1-8(4-5-15)7-14-11-3-2-9(12)6-10(11)13/h2-3,6,8,14-15H,4-5,7,13H2,1H3. The number of halogens is 1. The molecule has 0 aromatic heterocycles. The van der Waals surface area contributed by atoms with Gasteiger partial charge in [-0.15, -0.1) is 0 Å². The van der Waals surface area contributed by atoms with E-state index in [-0.39, 0.29) is 6.61 Å². The summed E-state index contributed by atoms with van der Waals surface area (Å²) < 4.78 is 0. The summed E-state index contributed by atoms with van der Waals surface area (Å²) in [6.07, 6.45) is 0.792. The van der Waals surface area contributed by atoms with E-state index in [0.717, 1.165) is 18.7 Å². The molecule has 0 aliphatic heterocycles. The number of anilines is 2. The molecule has 1 aromatic carbocycles. The van der Waals surface area contributed by atoms with Crippen molar-refractivity contribution in [2.24, 2.45) is 5.92 Å². The molecule has 1 rings (SSSR count). The molecule has 84 valence electrons. The van der Waals surface area contributed by atoms with Crippen molar-refractivity contribution in [1.29, 1.82) is 0 Å². The van der Waals surface area contributed by atoms with Crippen LogP contribution in [0.3, 0.4) is 0 Å². The predicted octanol–water partition coefficient (Wildman–Crippen LogP) is 2.35.